The number of halogens is 4. The zero-order chi connectivity index (χ0) is 18.9. The summed E-state index contributed by atoms with van der Waals surface area (Å²) in [5, 5.41) is 6.11. The van der Waals surface area contributed by atoms with E-state index in [2.05, 4.69) is 20.6 Å². The second kappa shape index (κ2) is 7.24. The molecular weight excluding hydrogens is 389 g/mol. The number of benzene rings is 1. The second-order valence-corrected chi connectivity index (χ2v) is 7.11. The lowest BCUT2D eigenvalue weighted by Crippen LogP contribution is -2.32. The van der Waals surface area contributed by atoms with Crippen molar-refractivity contribution in [3.8, 4) is 0 Å². The van der Waals surface area contributed by atoms with Crippen molar-refractivity contribution in [2.45, 2.75) is 19.5 Å². The van der Waals surface area contributed by atoms with E-state index < -0.39 is 11.7 Å². The standard InChI is InChI=1S/C16H14ClF3N4OS/c1-8-12(7-9-6-10(16(18,19)20)2-3-11(9)17)26-15(23-8)24-14(25)13-21-4-5-22-13/h2-3,6H,4-5,7H2,1H3,(H,21,22)(H,23,24,25). The summed E-state index contributed by atoms with van der Waals surface area (Å²) >= 11 is 7.25. The predicted molar refractivity (Wildman–Crippen MR) is 95.0 cm³/mol. The third-order valence-electron chi connectivity index (χ3n) is 3.73. The summed E-state index contributed by atoms with van der Waals surface area (Å²) in [6.07, 6.45) is -4.24. The molecule has 1 aromatic carbocycles. The minimum absolute atomic E-state index is 0.196. The van der Waals surface area contributed by atoms with Gasteiger partial charge in [-0.05, 0) is 30.7 Å². The monoisotopic (exact) mass is 402 g/mol. The number of aromatic nitrogens is 1. The molecule has 138 valence electrons. The number of hydrogen-bond donors (Lipinski definition) is 2. The minimum atomic E-state index is -4.43. The van der Waals surface area contributed by atoms with E-state index >= 15 is 0 Å². The first-order valence-electron chi connectivity index (χ1n) is 7.65. The van der Waals surface area contributed by atoms with E-state index in [0.717, 1.165) is 17.0 Å². The normalized spacial score (nSPS) is 14.1. The Bertz CT molecular complexity index is 879. The van der Waals surface area contributed by atoms with Crippen molar-refractivity contribution in [1.82, 2.24) is 10.3 Å². The molecule has 3 rings (SSSR count). The summed E-state index contributed by atoms with van der Waals surface area (Å²) in [6, 6.07) is 3.23. The lowest BCUT2D eigenvalue weighted by atomic mass is 10.1. The summed E-state index contributed by atoms with van der Waals surface area (Å²) < 4.78 is 38.7. The first-order valence-corrected chi connectivity index (χ1v) is 8.85. The molecule has 0 fully saturated rings. The quantitative estimate of drug-likeness (QED) is 0.820. The maximum absolute atomic E-state index is 12.9. The number of carbonyl (C=O) groups is 1. The van der Waals surface area contributed by atoms with Gasteiger partial charge in [-0.25, -0.2) is 4.98 Å². The van der Waals surface area contributed by atoms with Crippen molar-refractivity contribution in [2.24, 2.45) is 4.99 Å². The molecule has 0 unspecified atom stereocenters. The number of amidine groups is 1. The number of anilines is 1. The van der Waals surface area contributed by atoms with Gasteiger partial charge in [0, 0.05) is 22.9 Å². The Morgan fingerprint density at radius 2 is 2.19 bits per heavy atom. The fourth-order valence-electron chi connectivity index (χ4n) is 2.41. The van der Waals surface area contributed by atoms with Gasteiger partial charge in [0.1, 0.15) is 0 Å². The average Bonchev–Trinajstić information content (AvgIpc) is 3.19. The van der Waals surface area contributed by atoms with E-state index in [-0.39, 0.29) is 23.2 Å². The van der Waals surface area contributed by atoms with Crippen LogP contribution in [0.15, 0.2) is 23.2 Å². The van der Waals surface area contributed by atoms with Crippen LogP contribution in [0.25, 0.3) is 0 Å². The van der Waals surface area contributed by atoms with Crippen LogP contribution in [0, 0.1) is 6.92 Å². The molecule has 1 aromatic heterocycles. The van der Waals surface area contributed by atoms with Crippen LogP contribution in [0.2, 0.25) is 5.02 Å². The molecule has 1 amide bonds. The molecule has 2 aromatic rings. The first-order chi connectivity index (χ1) is 12.2. The maximum atomic E-state index is 12.9. The van der Waals surface area contributed by atoms with Gasteiger partial charge in [-0.3, -0.25) is 15.1 Å². The lowest BCUT2D eigenvalue weighted by molar-refractivity contribution is -0.137. The summed E-state index contributed by atoms with van der Waals surface area (Å²) in [5.74, 6) is -0.139. The second-order valence-electron chi connectivity index (χ2n) is 5.62. The number of carbonyl (C=O) groups excluding carboxylic acids is 1. The number of amides is 1. The summed E-state index contributed by atoms with van der Waals surface area (Å²) in [5.41, 5.74) is 0.228. The topological polar surface area (TPSA) is 66.4 Å². The molecule has 26 heavy (non-hydrogen) atoms. The van der Waals surface area contributed by atoms with Gasteiger partial charge in [0.05, 0.1) is 17.8 Å². The summed E-state index contributed by atoms with van der Waals surface area (Å²) in [6.45, 7) is 2.88. The summed E-state index contributed by atoms with van der Waals surface area (Å²) in [7, 11) is 0. The third kappa shape index (κ3) is 4.16. The van der Waals surface area contributed by atoms with Gasteiger partial charge in [-0.1, -0.05) is 11.6 Å². The van der Waals surface area contributed by atoms with Crippen molar-refractivity contribution >= 4 is 39.8 Å². The SMILES string of the molecule is Cc1nc(NC(=O)C2=NCCN2)sc1Cc1cc(C(F)(F)F)ccc1Cl. The Labute approximate surface area is 156 Å². The molecule has 0 radical (unpaired) electrons. The smallest absolute Gasteiger partial charge is 0.364 e. The van der Waals surface area contributed by atoms with Crippen LogP contribution in [0.1, 0.15) is 21.7 Å². The molecule has 1 aliphatic rings. The Hall–Kier alpha value is -2.13. The van der Waals surface area contributed by atoms with Crippen LogP contribution in [0.5, 0.6) is 0 Å². The zero-order valence-electron chi connectivity index (χ0n) is 13.6. The van der Waals surface area contributed by atoms with Gasteiger partial charge in [0.25, 0.3) is 5.91 Å². The molecule has 0 saturated carbocycles. The fraction of sp³-hybridized carbons (Fsp3) is 0.312. The molecule has 2 N–H and O–H groups in total. The largest absolute Gasteiger partial charge is 0.416 e. The Morgan fingerprint density at radius 1 is 1.42 bits per heavy atom. The van der Waals surface area contributed by atoms with Crippen molar-refractivity contribution in [2.75, 3.05) is 18.4 Å². The maximum Gasteiger partial charge on any atom is 0.416 e. The molecule has 1 aliphatic heterocycles. The van der Waals surface area contributed by atoms with Crippen LogP contribution < -0.4 is 10.6 Å². The van der Waals surface area contributed by atoms with Gasteiger partial charge >= 0.3 is 6.18 Å². The number of alkyl halides is 3. The Balaban J connectivity index is 1.79. The van der Waals surface area contributed by atoms with Gasteiger partial charge in [-0.2, -0.15) is 13.2 Å². The van der Waals surface area contributed by atoms with Crippen molar-refractivity contribution < 1.29 is 18.0 Å². The van der Waals surface area contributed by atoms with E-state index in [4.69, 9.17) is 11.6 Å². The van der Waals surface area contributed by atoms with Gasteiger partial charge in [-0.15, -0.1) is 11.3 Å². The third-order valence-corrected chi connectivity index (χ3v) is 5.17. The average molecular weight is 403 g/mol. The van der Waals surface area contributed by atoms with Crippen LogP contribution in [0.3, 0.4) is 0 Å². The number of aliphatic imine (C=N–C) groups is 1. The van der Waals surface area contributed by atoms with Gasteiger partial charge in [0.2, 0.25) is 0 Å². The van der Waals surface area contributed by atoms with Gasteiger partial charge < -0.3 is 5.32 Å². The number of aryl methyl sites for hydroxylation is 1. The molecule has 0 atom stereocenters. The fourth-order valence-corrected chi connectivity index (χ4v) is 3.58. The van der Waals surface area contributed by atoms with E-state index in [1.807, 2.05) is 0 Å². The molecule has 0 aliphatic carbocycles. The number of nitrogens with one attached hydrogen (secondary N) is 2. The number of rotatable bonds is 4. The zero-order valence-corrected chi connectivity index (χ0v) is 15.1. The Morgan fingerprint density at radius 3 is 2.85 bits per heavy atom. The minimum Gasteiger partial charge on any atom is -0.364 e. The molecule has 2 heterocycles. The highest BCUT2D eigenvalue weighted by Gasteiger charge is 2.31. The number of nitrogens with zero attached hydrogens (tertiary/aromatic N) is 2. The van der Waals surface area contributed by atoms with E-state index in [9.17, 15) is 18.0 Å². The number of thiazole rings is 1. The number of hydrogen-bond acceptors (Lipinski definition) is 5. The van der Waals surface area contributed by atoms with E-state index in [0.29, 0.717) is 29.5 Å². The van der Waals surface area contributed by atoms with Crippen LogP contribution in [0.4, 0.5) is 18.3 Å². The molecule has 0 bridgehead atoms. The molecule has 5 nitrogen and oxygen atoms in total. The van der Waals surface area contributed by atoms with Crippen molar-refractivity contribution in [3.05, 3.63) is 44.9 Å². The highest BCUT2D eigenvalue weighted by Crippen LogP contribution is 2.34. The highest BCUT2D eigenvalue weighted by atomic mass is 35.5. The summed E-state index contributed by atoms with van der Waals surface area (Å²) in [4.78, 5) is 21.0. The van der Waals surface area contributed by atoms with Crippen LogP contribution in [-0.4, -0.2) is 29.8 Å². The first kappa shape index (κ1) is 18.7. The highest BCUT2D eigenvalue weighted by molar-refractivity contribution is 7.16. The van der Waals surface area contributed by atoms with Crippen LogP contribution in [-0.2, 0) is 17.4 Å². The molecule has 0 spiro atoms. The van der Waals surface area contributed by atoms with E-state index in [1.165, 1.54) is 17.4 Å². The van der Waals surface area contributed by atoms with Crippen molar-refractivity contribution in [3.63, 3.8) is 0 Å². The predicted octanol–water partition coefficient (Wildman–Crippen LogP) is 3.65. The van der Waals surface area contributed by atoms with Gasteiger partial charge in [0.15, 0.2) is 11.0 Å². The Kier molecular flexibility index (Phi) is 5.19. The van der Waals surface area contributed by atoms with Crippen molar-refractivity contribution in [1.29, 1.82) is 0 Å². The molecule has 10 heteroatoms. The lowest BCUT2D eigenvalue weighted by Gasteiger charge is -2.10. The van der Waals surface area contributed by atoms with E-state index in [1.54, 1.807) is 6.92 Å². The van der Waals surface area contributed by atoms with Crippen LogP contribution >= 0.6 is 22.9 Å². The molecular formula is C16H14ClF3N4OS. The molecule has 0 saturated heterocycles.